The van der Waals surface area contributed by atoms with Gasteiger partial charge >= 0.3 is 5.97 Å². The lowest BCUT2D eigenvalue weighted by atomic mass is 10.1. The van der Waals surface area contributed by atoms with E-state index < -0.39 is 5.97 Å². The standard InChI is InChI=1S/C13H18N2O3S/c1-4-9-5-6-15(7-9)13-14-10(12(17)18-3)11(19-13)8(2)16/h9H,4-7H2,1-3H3. The van der Waals surface area contributed by atoms with Crippen LogP contribution in [0.1, 0.15) is 46.8 Å². The molecule has 2 heterocycles. The molecular formula is C13H18N2O3S. The quantitative estimate of drug-likeness (QED) is 0.627. The lowest BCUT2D eigenvalue weighted by Gasteiger charge is -2.13. The minimum Gasteiger partial charge on any atom is -0.464 e. The smallest absolute Gasteiger partial charge is 0.358 e. The van der Waals surface area contributed by atoms with Gasteiger partial charge in [-0.25, -0.2) is 9.78 Å². The minimum atomic E-state index is -0.543. The number of rotatable bonds is 4. The molecule has 19 heavy (non-hydrogen) atoms. The predicted octanol–water partition coefficient (Wildman–Crippen LogP) is 2.37. The van der Waals surface area contributed by atoms with Gasteiger partial charge in [-0.05, 0) is 12.3 Å². The van der Waals surface area contributed by atoms with Gasteiger partial charge in [-0.1, -0.05) is 24.7 Å². The van der Waals surface area contributed by atoms with E-state index in [0.717, 1.165) is 31.1 Å². The maximum Gasteiger partial charge on any atom is 0.358 e. The van der Waals surface area contributed by atoms with Crippen LogP contribution in [0.25, 0.3) is 0 Å². The van der Waals surface area contributed by atoms with Gasteiger partial charge in [0.1, 0.15) is 4.88 Å². The molecule has 0 aliphatic carbocycles. The van der Waals surface area contributed by atoms with Crippen LogP contribution in [0, 0.1) is 5.92 Å². The number of methoxy groups -OCH3 is 1. The first-order valence-electron chi connectivity index (χ1n) is 6.41. The number of ketones is 1. The number of hydrogen-bond donors (Lipinski definition) is 0. The first-order valence-corrected chi connectivity index (χ1v) is 7.23. The third kappa shape index (κ3) is 2.78. The van der Waals surface area contributed by atoms with Crippen molar-refractivity contribution in [3.63, 3.8) is 0 Å². The fraction of sp³-hybridized carbons (Fsp3) is 0.615. The van der Waals surface area contributed by atoms with Gasteiger partial charge in [-0.2, -0.15) is 0 Å². The summed E-state index contributed by atoms with van der Waals surface area (Å²) in [6.45, 7) is 5.51. The largest absolute Gasteiger partial charge is 0.464 e. The normalized spacial score (nSPS) is 18.7. The van der Waals surface area contributed by atoms with Gasteiger partial charge in [0, 0.05) is 20.0 Å². The number of anilines is 1. The van der Waals surface area contributed by atoms with E-state index in [2.05, 4.69) is 21.5 Å². The molecule has 0 bridgehead atoms. The van der Waals surface area contributed by atoms with E-state index in [-0.39, 0.29) is 11.5 Å². The third-order valence-electron chi connectivity index (χ3n) is 3.45. The zero-order chi connectivity index (χ0) is 14.0. The van der Waals surface area contributed by atoms with Crippen molar-refractivity contribution in [1.29, 1.82) is 0 Å². The molecule has 1 aliphatic rings. The number of carbonyl (C=O) groups is 2. The summed E-state index contributed by atoms with van der Waals surface area (Å²) in [5.74, 6) is -0.0134. The molecular weight excluding hydrogens is 264 g/mol. The van der Waals surface area contributed by atoms with E-state index in [1.165, 1.54) is 25.4 Å². The molecule has 1 fully saturated rings. The molecule has 6 heteroatoms. The second-order valence-corrected chi connectivity index (χ2v) is 5.71. The lowest BCUT2D eigenvalue weighted by Crippen LogP contribution is -2.19. The highest BCUT2D eigenvalue weighted by molar-refractivity contribution is 7.17. The number of aromatic nitrogens is 1. The molecule has 2 rings (SSSR count). The zero-order valence-corrected chi connectivity index (χ0v) is 12.2. The summed E-state index contributed by atoms with van der Waals surface area (Å²) < 4.78 is 4.68. The van der Waals surface area contributed by atoms with Crippen molar-refractivity contribution in [2.24, 2.45) is 5.92 Å². The van der Waals surface area contributed by atoms with Crippen LogP contribution in [0.5, 0.6) is 0 Å². The van der Waals surface area contributed by atoms with Gasteiger partial charge in [-0.15, -0.1) is 0 Å². The highest BCUT2D eigenvalue weighted by atomic mass is 32.1. The number of nitrogens with zero attached hydrogens (tertiary/aromatic N) is 2. The first-order chi connectivity index (χ1) is 9.06. The summed E-state index contributed by atoms with van der Waals surface area (Å²) in [7, 11) is 1.30. The van der Waals surface area contributed by atoms with Crippen molar-refractivity contribution in [2.75, 3.05) is 25.1 Å². The summed E-state index contributed by atoms with van der Waals surface area (Å²) in [6, 6.07) is 0. The summed E-state index contributed by atoms with van der Waals surface area (Å²) in [5, 5.41) is 0.751. The molecule has 1 aliphatic heterocycles. The van der Waals surface area contributed by atoms with Crippen molar-refractivity contribution >= 4 is 28.2 Å². The van der Waals surface area contributed by atoms with Gasteiger partial charge < -0.3 is 9.64 Å². The molecule has 1 unspecified atom stereocenters. The number of ether oxygens (including phenoxy) is 1. The maximum absolute atomic E-state index is 11.6. The minimum absolute atomic E-state index is 0.143. The van der Waals surface area contributed by atoms with Gasteiger partial charge in [0.25, 0.3) is 0 Å². The summed E-state index contributed by atoms with van der Waals surface area (Å²) in [6.07, 6.45) is 2.28. The van der Waals surface area contributed by atoms with Crippen LogP contribution in [-0.2, 0) is 4.74 Å². The highest BCUT2D eigenvalue weighted by Crippen LogP contribution is 2.31. The molecule has 0 spiro atoms. The van der Waals surface area contributed by atoms with E-state index >= 15 is 0 Å². The molecule has 5 nitrogen and oxygen atoms in total. The van der Waals surface area contributed by atoms with Crippen molar-refractivity contribution in [3.8, 4) is 0 Å². The molecule has 0 amide bonds. The summed E-state index contributed by atoms with van der Waals surface area (Å²) >= 11 is 1.29. The lowest BCUT2D eigenvalue weighted by molar-refractivity contribution is 0.0591. The Balaban J connectivity index is 2.28. The van der Waals surface area contributed by atoms with Crippen LogP contribution < -0.4 is 4.90 Å². The molecule has 1 aromatic heterocycles. The Hall–Kier alpha value is -1.43. The Morgan fingerprint density at radius 1 is 1.53 bits per heavy atom. The Bertz CT molecular complexity index is 498. The molecule has 0 aromatic carbocycles. The molecule has 104 valence electrons. The SMILES string of the molecule is CCC1CCN(c2nc(C(=O)OC)c(C(C)=O)s2)C1. The third-order valence-corrected chi connectivity index (χ3v) is 4.67. The molecule has 0 N–H and O–H groups in total. The molecule has 1 aromatic rings. The first kappa shape index (κ1) is 14.0. The topological polar surface area (TPSA) is 59.5 Å². The van der Waals surface area contributed by atoms with Crippen LogP contribution in [-0.4, -0.2) is 36.9 Å². The van der Waals surface area contributed by atoms with Gasteiger partial charge in [0.05, 0.1) is 7.11 Å². The van der Waals surface area contributed by atoms with E-state index in [1.54, 1.807) is 0 Å². The fourth-order valence-electron chi connectivity index (χ4n) is 2.26. The average Bonchev–Trinajstić information content (AvgIpc) is 3.03. The molecule has 1 atom stereocenters. The number of carbonyl (C=O) groups excluding carboxylic acids is 2. The predicted molar refractivity (Wildman–Crippen MR) is 74.1 cm³/mol. The molecule has 1 saturated heterocycles. The van der Waals surface area contributed by atoms with Crippen LogP contribution in [0.3, 0.4) is 0 Å². The van der Waals surface area contributed by atoms with Gasteiger partial charge in [0.15, 0.2) is 16.6 Å². The monoisotopic (exact) mass is 282 g/mol. The second kappa shape index (κ2) is 5.69. The van der Waals surface area contributed by atoms with Crippen molar-refractivity contribution in [1.82, 2.24) is 4.98 Å². The maximum atomic E-state index is 11.6. The number of esters is 1. The number of Topliss-reactive ketones (excluding diaryl/α,β-unsaturated/α-hetero) is 1. The Morgan fingerprint density at radius 2 is 2.26 bits per heavy atom. The fourth-order valence-corrected chi connectivity index (χ4v) is 3.24. The van der Waals surface area contributed by atoms with E-state index in [4.69, 9.17) is 0 Å². The van der Waals surface area contributed by atoms with Crippen molar-refractivity contribution < 1.29 is 14.3 Å². The summed E-state index contributed by atoms with van der Waals surface area (Å²) in [4.78, 5) is 30.1. The number of hydrogen-bond acceptors (Lipinski definition) is 6. The van der Waals surface area contributed by atoms with Crippen molar-refractivity contribution in [3.05, 3.63) is 10.6 Å². The van der Waals surface area contributed by atoms with Crippen molar-refractivity contribution in [2.45, 2.75) is 26.7 Å². The van der Waals surface area contributed by atoms with Gasteiger partial charge in [0.2, 0.25) is 0 Å². The van der Waals surface area contributed by atoms with E-state index in [9.17, 15) is 9.59 Å². The Kier molecular flexibility index (Phi) is 4.19. The Morgan fingerprint density at radius 3 is 2.79 bits per heavy atom. The van der Waals surface area contributed by atoms with Crippen LogP contribution in [0.2, 0.25) is 0 Å². The second-order valence-electron chi connectivity index (χ2n) is 4.73. The molecule has 0 radical (unpaired) electrons. The average molecular weight is 282 g/mol. The highest BCUT2D eigenvalue weighted by Gasteiger charge is 2.28. The zero-order valence-electron chi connectivity index (χ0n) is 11.4. The van der Waals surface area contributed by atoms with E-state index in [0.29, 0.717) is 10.8 Å². The van der Waals surface area contributed by atoms with Gasteiger partial charge in [-0.3, -0.25) is 4.79 Å². The summed E-state index contributed by atoms with van der Waals surface area (Å²) in [5.41, 5.74) is 0.148. The van der Waals surface area contributed by atoms with Crippen LogP contribution in [0.15, 0.2) is 0 Å². The van der Waals surface area contributed by atoms with Crippen LogP contribution in [0.4, 0.5) is 5.13 Å². The van der Waals surface area contributed by atoms with E-state index in [1.807, 2.05) is 0 Å². The molecule has 0 saturated carbocycles. The van der Waals surface area contributed by atoms with Crippen LogP contribution >= 0.6 is 11.3 Å². The number of thiazole rings is 1. The Labute approximate surface area is 116 Å².